The Hall–Kier alpha value is -2.43. The SMILES string of the molecule is Cc1ccccc1-c1cc(NCCCN2CCOCC2)c2ccccc2n1. The second-order valence-electron chi connectivity index (χ2n) is 7.12. The van der Waals surface area contributed by atoms with Gasteiger partial charge in [0.15, 0.2) is 0 Å². The van der Waals surface area contributed by atoms with Gasteiger partial charge in [-0.15, -0.1) is 0 Å². The molecule has 0 amide bonds. The van der Waals surface area contributed by atoms with Crippen molar-refractivity contribution >= 4 is 16.6 Å². The zero-order valence-corrected chi connectivity index (χ0v) is 15.9. The van der Waals surface area contributed by atoms with Crippen molar-refractivity contribution in [2.45, 2.75) is 13.3 Å². The molecule has 0 aliphatic carbocycles. The average molecular weight is 361 g/mol. The van der Waals surface area contributed by atoms with Gasteiger partial charge in [-0.3, -0.25) is 4.90 Å². The van der Waals surface area contributed by atoms with Crippen LogP contribution in [0.4, 0.5) is 5.69 Å². The normalized spacial score (nSPS) is 15.1. The van der Waals surface area contributed by atoms with Crippen molar-refractivity contribution in [3.8, 4) is 11.3 Å². The first-order chi connectivity index (χ1) is 13.3. The molecule has 27 heavy (non-hydrogen) atoms. The van der Waals surface area contributed by atoms with Gasteiger partial charge in [0.05, 0.1) is 24.4 Å². The van der Waals surface area contributed by atoms with E-state index in [0.29, 0.717) is 0 Å². The van der Waals surface area contributed by atoms with Crippen LogP contribution in [0.2, 0.25) is 0 Å². The Morgan fingerprint density at radius 2 is 1.81 bits per heavy atom. The maximum absolute atomic E-state index is 5.42. The van der Waals surface area contributed by atoms with Crippen LogP contribution in [0.5, 0.6) is 0 Å². The third kappa shape index (κ3) is 4.29. The lowest BCUT2D eigenvalue weighted by Gasteiger charge is -2.26. The van der Waals surface area contributed by atoms with Crippen LogP contribution >= 0.6 is 0 Å². The topological polar surface area (TPSA) is 37.4 Å². The number of rotatable bonds is 6. The van der Waals surface area contributed by atoms with Crippen molar-refractivity contribution in [3.05, 3.63) is 60.2 Å². The zero-order chi connectivity index (χ0) is 18.5. The molecule has 1 N–H and O–H groups in total. The molecule has 0 spiro atoms. The van der Waals surface area contributed by atoms with Crippen molar-refractivity contribution < 1.29 is 4.74 Å². The van der Waals surface area contributed by atoms with Crippen LogP contribution in [0.15, 0.2) is 54.6 Å². The molecule has 3 aromatic rings. The predicted molar refractivity (Wildman–Crippen MR) is 112 cm³/mol. The van der Waals surface area contributed by atoms with Crippen LogP contribution in [0, 0.1) is 6.92 Å². The first-order valence-corrected chi connectivity index (χ1v) is 9.81. The zero-order valence-electron chi connectivity index (χ0n) is 15.9. The van der Waals surface area contributed by atoms with Gasteiger partial charge in [-0.2, -0.15) is 0 Å². The Morgan fingerprint density at radius 1 is 1.04 bits per heavy atom. The van der Waals surface area contributed by atoms with E-state index in [-0.39, 0.29) is 0 Å². The molecule has 1 aliphatic heterocycles. The summed E-state index contributed by atoms with van der Waals surface area (Å²) in [4.78, 5) is 7.39. The first kappa shape index (κ1) is 18.0. The monoisotopic (exact) mass is 361 g/mol. The number of pyridine rings is 1. The minimum atomic E-state index is 0.863. The summed E-state index contributed by atoms with van der Waals surface area (Å²) in [5.41, 5.74) is 5.68. The second-order valence-corrected chi connectivity index (χ2v) is 7.12. The molecule has 0 unspecified atom stereocenters. The molecule has 140 valence electrons. The van der Waals surface area contributed by atoms with Crippen molar-refractivity contribution in [2.24, 2.45) is 0 Å². The smallest absolute Gasteiger partial charge is 0.0732 e. The van der Waals surface area contributed by atoms with Gasteiger partial charge >= 0.3 is 0 Å². The van der Waals surface area contributed by atoms with E-state index in [0.717, 1.165) is 57.0 Å². The number of hydrogen-bond acceptors (Lipinski definition) is 4. The lowest BCUT2D eigenvalue weighted by molar-refractivity contribution is 0.0378. The van der Waals surface area contributed by atoms with E-state index in [1.165, 1.54) is 22.2 Å². The number of aromatic nitrogens is 1. The van der Waals surface area contributed by atoms with Gasteiger partial charge in [-0.1, -0.05) is 42.5 Å². The number of nitrogens with zero attached hydrogens (tertiary/aromatic N) is 2. The third-order valence-electron chi connectivity index (χ3n) is 5.21. The third-order valence-corrected chi connectivity index (χ3v) is 5.21. The van der Waals surface area contributed by atoms with E-state index < -0.39 is 0 Å². The van der Waals surface area contributed by atoms with Crippen LogP contribution in [0.3, 0.4) is 0 Å². The summed E-state index contributed by atoms with van der Waals surface area (Å²) in [5, 5.41) is 4.84. The number of para-hydroxylation sites is 1. The quantitative estimate of drug-likeness (QED) is 0.663. The van der Waals surface area contributed by atoms with Crippen LogP contribution < -0.4 is 5.32 Å². The number of aryl methyl sites for hydroxylation is 1. The highest BCUT2D eigenvalue weighted by atomic mass is 16.5. The van der Waals surface area contributed by atoms with Gasteiger partial charge in [0.1, 0.15) is 0 Å². The highest BCUT2D eigenvalue weighted by Gasteiger charge is 2.11. The molecule has 4 nitrogen and oxygen atoms in total. The molecule has 1 saturated heterocycles. The van der Waals surface area contributed by atoms with Crippen LogP contribution in [0.1, 0.15) is 12.0 Å². The Bertz CT molecular complexity index is 903. The summed E-state index contributed by atoms with van der Waals surface area (Å²) in [5.74, 6) is 0. The summed E-state index contributed by atoms with van der Waals surface area (Å²) in [7, 11) is 0. The minimum Gasteiger partial charge on any atom is -0.384 e. The second kappa shape index (κ2) is 8.51. The molecule has 1 aliphatic rings. The number of fused-ring (bicyclic) bond motifs is 1. The van der Waals surface area contributed by atoms with Crippen LogP contribution in [-0.2, 0) is 4.74 Å². The lowest BCUT2D eigenvalue weighted by Crippen LogP contribution is -2.37. The number of anilines is 1. The molecular formula is C23H27N3O. The first-order valence-electron chi connectivity index (χ1n) is 9.81. The maximum Gasteiger partial charge on any atom is 0.0732 e. The van der Waals surface area contributed by atoms with E-state index in [2.05, 4.69) is 71.7 Å². The average Bonchev–Trinajstić information content (AvgIpc) is 2.72. The molecule has 2 aromatic carbocycles. The summed E-state index contributed by atoms with van der Waals surface area (Å²) < 4.78 is 5.42. The number of nitrogens with one attached hydrogen (secondary N) is 1. The molecule has 1 aromatic heterocycles. The van der Waals surface area contributed by atoms with Gasteiger partial charge < -0.3 is 10.1 Å². The predicted octanol–water partition coefficient (Wildman–Crippen LogP) is 4.34. The van der Waals surface area contributed by atoms with Crippen molar-refractivity contribution in [3.63, 3.8) is 0 Å². The highest BCUT2D eigenvalue weighted by Crippen LogP contribution is 2.29. The van der Waals surface area contributed by atoms with Gasteiger partial charge in [0, 0.05) is 36.3 Å². The fraction of sp³-hybridized carbons (Fsp3) is 0.348. The largest absolute Gasteiger partial charge is 0.384 e. The molecule has 1 fully saturated rings. The van der Waals surface area contributed by atoms with Crippen molar-refractivity contribution in [1.82, 2.24) is 9.88 Å². The number of hydrogen-bond donors (Lipinski definition) is 1. The van der Waals surface area contributed by atoms with Crippen molar-refractivity contribution in [2.75, 3.05) is 44.7 Å². The summed E-state index contributed by atoms with van der Waals surface area (Å²) in [6, 6.07) is 19.0. The van der Waals surface area contributed by atoms with Gasteiger partial charge in [0.2, 0.25) is 0 Å². The van der Waals surface area contributed by atoms with E-state index in [1.807, 2.05) is 0 Å². The van der Waals surface area contributed by atoms with E-state index in [1.54, 1.807) is 0 Å². The number of ether oxygens (including phenoxy) is 1. The Labute approximate surface area is 161 Å². The Morgan fingerprint density at radius 3 is 2.67 bits per heavy atom. The summed E-state index contributed by atoms with van der Waals surface area (Å²) >= 11 is 0. The standard InChI is InChI=1S/C23H27N3O/c1-18-7-2-3-8-19(18)23-17-22(20-9-4-5-10-21(20)25-23)24-11-6-12-26-13-15-27-16-14-26/h2-5,7-10,17H,6,11-16H2,1H3,(H,24,25). The molecule has 2 heterocycles. The number of morpholine rings is 1. The fourth-order valence-corrected chi connectivity index (χ4v) is 3.67. The fourth-order valence-electron chi connectivity index (χ4n) is 3.67. The van der Waals surface area contributed by atoms with E-state index >= 15 is 0 Å². The lowest BCUT2D eigenvalue weighted by atomic mass is 10.0. The van der Waals surface area contributed by atoms with Gasteiger partial charge in [0.25, 0.3) is 0 Å². The molecule has 0 radical (unpaired) electrons. The summed E-state index contributed by atoms with van der Waals surface area (Å²) in [6.07, 6.45) is 1.12. The van der Waals surface area contributed by atoms with Crippen LogP contribution in [0.25, 0.3) is 22.2 Å². The summed E-state index contributed by atoms with van der Waals surface area (Å²) in [6.45, 7) is 8.04. The Balaban J connectivity index is 1.53. The van der Waals surface area contributed by atoms with E-state index in [4.69, 9.17) is 9.72 Å². The maximum atomic E-state index is 5.42. The minimum absolute atomic E-state index is 0.863. The highest BCUT2D eigenvalue weighted by molar-refractivity contribution is 5.93. The van der Waals surface area contributed by atoms with Crippen LogP contribution in [-0.4, -0.2) is 49.3 Å². The Kier molecular flexibility index (Phi) is 5.66. The molecule has 0 saturated carbocycles. The molecular weight excluding hydrogens is 334 g/mol. The molecule has 4 rings (SSSR count). The van der Waals surface area contributed by atoms with E-state index in [9.17, 15) is 0 Å². The number of benzene rings is 2. The molecule has 0 atom stereocenters. The van der Waals surface area contributed by atoms with Crippen molar-refractivity contribution in [1.29, 1.82) is 0 Å². The molecule has 4 heteroatoms. The van der Waals surface area contributed by atoms with Gasteiger partial charge in [-0.25, -0.2) is 4.98 Å². The molecule has 0 bridgehead atoms. The van der Waals surface area contributed by atoms with Gasteiger partial charge in [-0.05, 0) is 37.6 Å².